The number of pyridine rings is 1. The topological polar surface area (TPSA) is 63.1 Å². The Balaban J connectivity index is 0.00000242. The number of nitrogens with zero attached hydrogens (tertiary/aromatic N) is 1. The highest BCUT2D eigenvalue weighted by Crippen LogP contribution is 2.14. The number of aromatic nitrogens is 1. The van der Waals surface area contributed by atoms with Crippen LogP contribution in [0.1, 0.15) is 12.5 Å². The smallest absolute Gasteiger partial charge is 0.250 e. The number of nitrogens with one attached hydrogen (secondary N) is 2. The molecule has 2 rings (SSSR count). The van der Waals surface area contributed by atoms with Gasteiger partial charge in [0.2, 0.25) is 5.91 Å². The second-order valence-electron chi connectivity index (χ2n) is 4.65. The van der Waals surface area contributed by atoms with Crippen molar-refractivity contribution in [3.63, 3.8) is 0 Å². The Kier molecular flexibility index (Phi) is 7.36. The first-order valence-corrected chi connectivity index (χ1v) is 6.94. The van der Waals surface area contributed by atoms with E-state index in [2.05, 4.69) is 10.6 Å². The average Bonchev–Trinajstić information content (AvgIpc) is 2.49. The molecule has 2 aromatic rings. The fourth-order valence-corrected chi connectivity index (χ4v) is 1.99. The van der Waals surface area contributed by atoms with E-state index in [1.165, 1.54) is 10.6 Å². The molecule has 0 atom stereocenters. The third kappa shape index (κ3) is 5.02. The number of benzene rings is 1. The Morgan fingerprint density at radius 2 is 1.86 bits per heavy atom. The van der Waals surface area contributed by atoms with Gasteiger partial charge in [0.15, 0.2) is 0 Å². The summed E-state index contributed by atoms with van der Waals surface area (Å²) in [4.78, 5) is 23.7. The molecule has 1 amide bonds. The first kappa shape index (κ1) is 17.9. The number of para-hydroxylation sites is 1. The van der Waals surface area contributed by atoms with Crippen LogP contribution in [0.4, 0.5) is 5.69 Å². The van der Waals surface area contributed by atoms with Crippen molar-refractivity contribution in [2.24, 2.45) is 0 Å². The highest BCUT2D eigenvalue weighted by Gasteiger charge is 2.07. The van der Waals surface area contributed by atoms with Gasteiger partial charge in [-0.25, -0.2) is 0 Å². The Bertz CT molecular complexity index is 670. The average molecular weight is 322 g/mol. The van der Waals surface area contributed by atoms with Crippen molar-refractivity contribution in [2.45, 2.75) is 20.0 Å². The molecule has 118 valence electrons. The summed E-state index contributed by atoms with van der Waals surface area (Å²) >= 11 is 0. The van der Waals surface area contributed by atoms with Gasteiger partial charge in [-0.2, -0.15) is 0 Å². The number of carbonyl (C=O) groups is 1. The van der Waals surface area contributed by atoms with Gasteiger partial charge in [0, 0.05) is 24.5 Å². The molecule has 1 aromatic heterocycles. The van der Waals surface area contributed by atoms with Crippen LogP contribution in [0, 0.1) is 0 Å². The molecular weight excluding hydrogens is 302 g/mol. The molecular formula is C16H20ClN3O2. The molecule has 0 aliphatic rings. The molecule has 0 saturated heterocycles. The molecule has 2 N–H and O–H groups in total. The van der Waals surface area contributed by atoms with Crippen molar-refractivity contribution in [3.05, 3.63) is 64.6 Å². The normalized spacial score (nSPS) is 9.86. The number of hydrogen-bond acceptors (Lipinski definition) is 3. The van der Waals surface area contributed by atoms with Crippen LogP contribution in [0.25, 0.3) is 0 Å². The number of carbonyl (C=O) groups excluding carboxylic acids is 1. The molecule has 6 heteroatoms. The van der Waals surface area contributed by atoms with Crippen molar-refractivity contribution >= 4 is 24.0 Å². The van der Waals surface area contributed by atoms with Crippen LogP contribution in [-0.2, 0) is 17.9 Å². The summed E-state index contributed by atoms with van der Waals surface area (Å²) in [5, 5.41) is 6.09. The Morgan fingerprint density at radius 1 is 1.14 bits per heavy atom. The van der Waals surface area contributed by atoms with Crippen LogP contribution in [0.15, 0.2) is 53.5 Å². The van der Waals surface area contributed by atoms with Gasteiger partial charge >= 0.3 is 0 Å². The maximum atomic E-state index is 12.1. The molecule has 5 nitrogen and oxygen atoms in total. The zero-order valence-corrected chi connectivity index (χ0v) is 13.2. The molecule has 1 aromatic carbocycles. The molecule has 0 bridgehead atoms. The minimum atomic E-state index is -0.216. The Labute approximate surface area is 135 Å². The predicted molar refractivity (Wildman–Crippen MR) is 90.4 cm³/mol. The zero-order valence-electron chi connectivity index (χ0n) is 12.4. The number of rotatable bonds is 6. The van der Waals surface area contributed by atoms with Gasteiger partial charge in [-0.15, -0.1) is 12.4 Å². The van der Waals surface area contributed by atoms with Crippen LogP contribution in [0.5, 0.6) is 0 Å². The third-order valence-corrected chi connectivity index (χ3v) is 3.07. The largest absolute Gasteiger partial charge is 0.324 e. The lowest BCUT2D eigenvalue weighted by Gasteiger charge is -2.12. The van der Waals surface area contributed by atoms with Crippen LogP contribution >= 0.6 is 12.4 Å². The van der Waals surface area contributed by atoms with E-state index in [0.29, 0.717) is 6.54 Å². The first-order valence-electron chi connectivity index (χ1n) is 6.94. The highest BCUT2D eigenvalue weighted by atomic mass is 35.5. The molecule has 0 spiro atoms. The van der Waals surface area contributed by atoms with Gasteiger partial charge in [-0.1, -0.05) is 31.2 Å². The summed E-state index contributed by atoms with van der Waals surface area (Å²) in [5.41, 5.74) is 1.61. The first-order chi connectivity index (χ1) is 10.2. The van der Waals surface area contributed by atoms with Gasteiger partial charge in [0.1, 0.15) is 6.54 Å². The van der Waals surface area contributed by atoms with Gasteiger partial charge < -0.3 is 15.2 Å². The fourth-order valence-electron chi connectivity index (χ4n) is 1.99. The Morgan fingerprint density at radius 3 is 2.59 bits per heavy atom. The molecule has 0 aliphatic carbocycles. The quantitative estimate of drug-likeness (QED) is 0.855. The van der Waals surface area contributed by atoms with Crippen molar-refractivity contribution < 1.29 is 4.79 Å². The van der Waals surface area contributed by atoms with E-state index < -0.39 is 0 Å². The van der Waals surface area contributed by atoms with E-state index in [4.69, 9.17) is 0 Å². The number of anilines is 1. The number of hydrogen-bond donors (Lipinski definition) is 2. The lowest BCUT2D eigenvalue weighted by molar-refractivity contribution is -0.116. The summed E-state index contributed by atoms with van der Waals surface area (Å²) in [6, 6.07) is 12.5. The zero-order chi connectivity index (χ0) is 15.1. The summed E-state index contributed by atoms with van der Waals surface area (Å²) in [6.45, 7) is 3.60. The second-order valence-corrected chi connectivity index (χ2v) is 4.65. The number of halogens is 1. The molecule has 0 unspecified atom stereocenters. The van der Waals surface area contributed by atoms with Gasteiger partial charge in [-0.3, -0.25) is 9.59 Å². The highest BCUT2D eigenvalue weighted by molar-refractivity contribution is 5.91. The van der Waals surface area contributed by atoms with Crippen molar-refractivity contribution in [3.8, 4) is 0 Å². The SMILES string of the molecule is CCNCc1ccccc1NC(=O)Cn1ccccc1=O.Cl. The Hall–Kier alpha value is -2.11. The lowest BCUT2D eigenvalue weighted by atomic mass is 10.1. The van der Waals surface area contributed by atoms with E-state index in [9.17, 15) is 9.59 Å². The summed E-state index contributed by atoms with van der Waals surface area (Å²) < 4.78 is 1.38. The van der Waals surface area contributed by atoms with Crippen molar-refractivity contribution in [1.29, 1.82) is 0 Å². The van der Waals surface area contributed by atoms with E-state index in [1.807, 2.05) is 31.2 Å². The third-order valence-electron chi connectivity index (χ3n) is 3.07. The van der Waals surface area contributed by atoms with Crippen molar-refractivity contribution in [1.82, 2.24) is 9.88 Å². The van der Waals surface area contributed by atoms with Crippen LogP contribution in [0.2, 0.25) is 0 Å². The molecule has 0 fully saturated rings. The van der Waals surface area contributed by atoms with Crippen LogP contribution in [-0.4, -0.2) is 17.0 Å². The molecule has 22 heavy (non-hydrogen) atoms. The van der Waals surface area contributed by atoms with Crippen LogP contribution < -0.4 is 16.2 Å². The molecule has 0 saturated carbocycles. The van der Waals surface area contributed by atoms with E-state index in [1.54, 1.807) is 18.3 Å². The predicted octanol–water partition coefficient (Wildman–Crippen LogP) is 2.02. The molecule has 0 radical (unpaired) electrons. The van der Waals surface area contributed by atoms with E-state index in [-0.39, 0.29) is 30.4 Å². The monoisotopic (exact) mass is 321 g/mol. The van der Waals surface area contributed by atoms with Gasteiger partial charge in [0.25, 0.3) is 5.56 Å². The van der Waals surface area contributed by atoms with E-state index in [0.717, 1.165) is 17.8 Å². The maximum absolute atomic E-state index is 12.1. The summed E-state index contributed by atoms with van der Waals surface area (Å²) in [7, 11) is 0. The van der Waals surface area contributed by atoms with Gasteiger partial charge in [-0.05, 0) is 24.2 Å². The lowest BCUT2D eigenvalue weighted by Crippen LogP contribution is -2.27. The minimum Gasteiger partial charge on any atom is -0.324 e. The summed E-state index contributed by atoms with van der Waals surface area (Å²) in [5.74, 6) is -0.216. The van der Waals surface area contributed by atoms with Crippen molar-refractivity contribution in [2.75, 3.05) is 11.9 Å². The standard InChI is InChI=1S/C16H19N3O2.ClH/c1-2-17-11-13-7-3-4-8-14(13)18-15(20)12-19-10-6-5-9-16(19)21;/h3-10,17H,2,11-12H2,1H3,(H,18,20);1H. The second kappa shape index (κ2) is 9.02. The number of amides is 1. The van der Waals surface area contributed by atoms with Gasteiger partial charge in [0.05, 0.1) is 0 Å². The minimum absolute atomic E-state index is 0. The molecule has 0 aliphatic heterocycles. The molecule has 1 heterocycles. The summed E-state index contributed by atoms with van der Waals surface area (Å²) in [6.07, 6.45) is 1.60. The van der Waals surface area contributed by atoms with E-state index >= 15 is 0 Å². The maximum Gasteiger partial charge on any atom is 0.250 e. The fraction of sp³-hybridized carbons (Fsp3) is 0.250. The van der Waals surface area contributed by atoms with Crippen LogP contribution in [0.3, 0.4) is 0 Å².